The molecule has 3 aromatic carbocycles. The standard InChI is InChI=1S/C23H15BrN2O3S3/c24-17-7-9-18(10-8-17)31-20-11-6-16(12-19(20)26(28)29)13-21-22(27)25(23(30)32-21)14-15-4-2-1-3-5-15/h1-13H,14H2/b21-13+. The van der Waals surface area contributed by atoms with Gasteiger partial charge >= 0.3 is 0 Å². The van der Waals surface area contributed by atoms with Gasteiger partial charge in [-0.25, -0.2) is 0 Å². The van der Waals surface area contributed by atoms with Gasteiger partial charge in [0.25, 0.3) is 11.6 Å². The first-order valence-electron chi connectivity index (χ1n) is 9.42. The van der Waals surface area contributed by atoms with Crippen molar-refractivity contribution >= 4 is 73.7 Å². The van der Waals surface area contributed by atoms with Crippen LogP contribution in [0.3, 0.4) is 0 Å². The van der Waals surface area contributed by atoms with Gasteiger partial charge in [0.05, 0.1) is 21.3 Å². The molecule has 0 aromatic heterocycles. The Balaban J connectivity index is 1.57. The summed E-state index contributed by atoms with van der Waals surface area (Å²) in [5.41, 5.74) is 1.55. The van der Waals surface area contributed by atoms with E-state index in [1.807, 2.05) is 54.6 Å². The smallest absolute Gasteiger partial charge is 0.283 e. The predicted molar refractivity (Wildman–Crippen MR) is 137 cm³/mol. The molecule has 0 saturated carbocycles. The van der Waals surface area contributed by atoms with Gasteiger partial charge in [-0.1, -0.05) is 88.1 Å². The highest BCUT2D eigenvalue weighted by atomic mass is 79.9. The maximum Gasteiger partial charge on any atom is 0.283 e. The van der Waals surface area contributed by atoms with Crippen LogP contribution in [0.15, 0.2) is 92.0 Å². The number of halogens is 1. The number of hydrogen-bond donors (Lipinski definition) is 0. The molecule has 1 amide bonds. The summed E-state index contributed by atoms with van der Waals surface area (Å²) in [6, 6.07) is 22.2. The molecule has 5 nitrogen and oxygen atoms in total. The molecule has 32 heavy (non-hydrogen) atoms. The summed E-state index contributed by atoms with van der Waals surface area (Å²) in [6.45, 7) is 0.395. The van der Waals surface area contributed by atoms with E-state index in [9.17, 15) is 14.9 Å². The lowest BCUT2D eigenvalue weighted by atomic mass is 10.1. The number of amides is 1. The Labute approximate surface area is 207 Å². The van der Waals surface area contributed by atoms with Gasteiger partial charge in [-0.3, -0.25) is 19.8 Å². The zero-order valence-electron chi connectivity index (χ0n) is 16.4. The number of carbonyl (C=O) groups is 1. The van der Waals surface area contributed by atoms with E-state index in [0.717, 1.165) is 14.9 Å². The van der Waals surface area contributed by atoms with Gasteiger partial charge in [0.2, 0.25) is 0 Å². The molecular weight excluding hydrogens is 528 g/mol. The molecule has 0 atom stereocenters. The second kappa shape index (κ2) is 9.99. The summed E-state index contributed by atoms with van der Waals surface area (Å²) in [7, 11) is 0. The molecule has 1 heterocycles. The fraction of sp³-hybridized carbons (Fsp3) is 0.0435. The fourth-order valence-corrected chi connectivity index (χ4v) is 5.46. The molecule has 0 radical (unpaired) electrons. The normalized spacial score (nSPS) is 14.9. The fourth-order valence-electron chi connectivity index (χ4n) is 3.04. The topological polar surface area (TPSA) is 63.4 Å². The van der Waals surface area contributed by atoms with Crippen LogP contribution in [0.1, 0.15) is 11.1 Å². The maximum absolute atomic E-state index is 12.9. The van der Waals surface area contributed by atoms with Gasteiger partial charge in [0.1, 0.15) is 4.32 Å². The molecule has 160 valence electrons. The van der Waals surface area contributed by atoms with Crippen molar-refractivity contribution in [1.82, 2.24) is 4.90 Å². The van der Waals surface area contributed by atoms with Crippen molar-refractivity contribution < 1.29 is 9.72 Å². The molecule has 0 unspecified atom stereocenters. The number of nitro groups is 1. The Morgan fingerprint density at radius 1 is 1.09 bits per heavy atom. The monoisotopic (exact) mass is 542 g/mol. The summed E-state index contributed by atoms with van der Waals surface area (Å²) >= 11 is 11.3. The van der Waals surface area contributed by atoms with E-state index in [2.05, 4.69) is 15.9 Å². The number of thioether (sulfide) groups is 1. The largest absolute Gasteiger partial charge is 0.288 e. The van der Waals surface area contributed by atoms with Gasteiger partial charge in [-0.05, 0) is 47.5 Å². The van der Waals surface area contributed by atoms with Crippen molar-refractivity contribution in [3.63, 3.8) is 0 Å². The van der Waals surface area contributed by atoms with E-state index >= 15 is 0 Å². The molecule has 1 aliphatic rings. The van der Waals surface area contributed by atoms with Crippen LogP contribution in [0.2, 0.25) is 0 Å². The van der Waals surface area contributed by atoms with Crippen LogP contribution in [-0.4, -0.2) is 20.1 Å². The van der Waals surface area contributed by atoms with Crippen LogP contribution >= 0.6 is 51.7 Å². The quantitative estimate of drug-likeness (QED) is 0.146. The first-order chi connectivity index (χ1) is 15.4. The number of benzene rings is 3. The Morgan fingerprint density at radius 3 is 2.50 bits per heavy atom. The predicted octanol–water partition coefficient (Wildman–Crippen LogP) is 6.91. The second-order valence-electron chi connectivity index (χ2n) is 6.79. The van der Waals surface area contributed by atoms with Crippen molar-refractivity contribution in [1.29, 1.82) is 0 Å². The molecule has 4 rings (SSSR count). The van der Waals surface area contributed by atoms with Crippen molar-refractivity contribution in [2.75, 3.05) is 0 Å². The molecule has 1 aliphatic heterocycles. The lowest BCUT2D eigenvalue weighted by Gasteiger charge is -2.14. The molecule has 1 saturated heterocycles. The summed E-state index contributed by atoms with van der Waals surface area (Å²) in [5.74, 6) is -0.195. The second-order valence-corrected chi connectivity index (χ2v) is 10.5. The van der Waals surface area contributed by atoms with E-state index in [1.54, 1.807) is 23.1 Å². The highest BCUT2D eigenvalue weighted by Gasteiger charge is 2.32. The van der Waals surface area contributed by atoms with Crippen LogP contribution in [0.4, 0.5) is 5.69 Å². The van der Waals surface area contributed by atoms with E-state index in [-0.39, 0.29) is 11.6 Å². The van der Waals surface area contributed by atoms with Gasteiger partial charge in [-0.2, -0.15) is 0 Å². The van der Waals surface area contributed by atoms with Gasteiger partial charge in [0, 0.05) is 15.4 Å². The zero-order chi connectivity index (χ0) is 22.7. The summed E-state index contributed by atoms with van der Waals surface area (Å²) in [6.07, 6.45) is 1.66. The first kappa shape index (κ1) is 22.7. The third-order valence-electron chi connectivity index (χ3n) is 4.58. The minimum atomic E-state index is -0.404. The summed E-state index contributed by atoms with van der Waals surface area (Å²) < 4.78 is 1.42. The van der Waals surface area contributed by atoms with Crippen LogP contribution < -0.4 is 0 Å². The lowest BCUT2D eigenvalue weighted by molar-refractivity contribution is -0.387. The number of thiocarbonyl (C=S) groups is 1. The zero-order valence-corrected chi connectivity index (χ0v) is 20.5. The molecule has 0 aliphatic carbocycles. The minimum absolute atomic E-state index is 0.00793. The van der Waals surface area contributed by atoms with Crippen LogP contribution in [0, 0.1) is 10.1 Å². The van der Waals surface area contributed by atoms with Crippen LogP contribution in [0.5, 0.6) is 0 Å². The number of nitro benzene ring substituents is 1. The average Bonchev–Trinajstić information content (AvgIpc) is 3.04. The highest BCUT2D eigenvalue weighted by molar-refractivity contribution is 9.10. The van der Waals surface area contributed by atoms with Crippen LogP contribution in [-0.2, 0) is 11.3 Å². The summed E-state index contributed by atoms with van der Waals surface area (Å²) in [4.78, 5) is 27.6. The van der Waals surface area contributed by atoms with Gasteiger partial charge in [0.15, 0.2) is 0 Å². The SMILES string of the molecule is O=C1/C(=C\c2ccc(Sc3ccc(Br)cc3)c([N+](=O)[O-])c2)SC(=S)N1Cc1ccccc1. The third kappa shape index (κ3) is 5.29. The molecule has 0 bridgehead atoms. The number of nitrogens with zero attached hydrogens (tertiary/aromatic N) is 2. The van der Waals surface area contributed by atoms with E-state index < -0.39 is 4.92 Å². The average molecular weight is 543 g/mol. The summed E-state index contributed by atoms with van der Waals surface area (Å²) in [5, 5.41) is 11.7. The number of hydrogen-bond acceptors (Lipinski definition) is 6. The van der Waals surface area contributed by atoms with Crippen molar-refractivity contribution in [3.8, 4) is 0 Å². The van der Waals surface area contributed by atoms with Gasteiger partial charge in [-0.15, -0.1) is 0 Å². The maximum atomic E-state index is 12.9. The Bertz CT molecular complexity index is 1230. The van der Waals surface area contributed by atoms with Crippen molar-refractivity contribution in [2.45, 2.75) is 16.3 Å². The van der Waals surface area contributed by atoms with E-state index in [4.69, 9.17) is 12.2 Å². The number of rotatable bonds is 6. The lowest BCUT2D eigenvalue weighted by Crippen LogP contribution is -2.27. The first-order valence-corrected chi connectivity index (χ1v) is 12.3. The van der Waals surface area contributed by atoms with Gasteiger partial charge < -0.3 is 0 Å². The Hall–Kier alpha value is -2.46. The molecule has 1 fully saturated rings. The minimum Gasteiger partial charge on any atom is -0.288 e. The van der Waals surface area contributed by atoms with E-state index in [1.165, 1.54) is 29.6 Å². The Morgan fingerprint density at radius 2 is 1.81 bits per heavy atom. The van der Waals surface area contributed by atoms with Crippen molar-refractivity contribution in [3.05, 3.63) is 103 Å². The molecule has 3 aromatic rings. The highest BCUT2D eigenvalue weighted by Crippen LogP contribution is 2.38. The Kier molecular flexibility index (Phi) is 7.10. The molecular formula is C23H15BrN2O3S3. The van der Waals surface area contributed by atoms with Crippen LogP contribution in [0.25, 0.3) is 6.08 Å². The third-order valence-corrected chi connectivity index (χ3v) is 7.56. The van der Waals surface area contributed by atoms with Crippen molar-refractivity contribution in [2.24, 2.45) is 0 Å². The van der Waals surface area contributed by atoms with E-state index in [0.29, 0.717) is 26.2 Å². The number of carbonyl (C=O) groups excluding carboxylic acids is 1. The molecule has 0 N–H and O–H groups in total. The molecule has 0 spiro atoms. The molecule has 9 heteroatoms.